The molecule has 2 rings (SSSR count). The van der Waals surface area contributed by atoms with Gasteiger partial charge in [0.15, 0.2) is 6.29 Å². The SMILES string of the molecule is Fc1ccc(OC2CCC(Cl)(Cl)CO2)cc1. The van der Waals surface area contributed by atoms with Crippen molar-refractivity contribution >= 4 is 23.2 Å². The lowest BCUT2D eigenvalue weighted by molar-refractivity contribution is -0.108. The van der Waals surface area contributed by atoms with E-state index in [1.54, 1.807) is 12.1 Å². The standard InChI is InChI=1S/C11H11Cl2FO2/c12-11(13)6-5-10(15-7-11)16-9-3-1-8(14)2-4-9/h1-4,10H,5-7H2. The van der Waals surface area contributed by atoms with Crippen molar-refractivity contribution in [3.8, 4) is 5.75 Å². The summed E-state index contributed by atoms with van der Waals surface area (Å²) in [5.41, 5.74) is 0. The summed E-state index contributed by atoms with van der Waals surface area (Å²) in [5.74, 6) is 0.278. The van der Waals surface area contributed by atoms with E-state index < -0.39 is 4.33 Å². The third-order valence-corrected chi connectivity index (χ3v) is 2.90. The molecule has 1 aliphatic rings. The lowest BCUT2D eigenvalue weighted by Gasteiger charge is -2.30. The average molecular weight is 265 g/mol. The second-order valence-corrected chi connectivity index (χ2v) is 5.35. The highest BCUT2D eigenvalue weighted by atomic mass is 35.5. The molecule has 88 valence electrons. The zero-order valence-corrected chi connectivity index (χ0v) is 9.97. The molecule has 1 aromatic rings. The van der Waals surface area contributed by atoms with E-state index in [4.69, 9.17) is 32.7 Å². The van der Waals surface area contributed by atoms with E-state index in [2.05, 4.69) is 0 Å². The minimum absolute atomic E-state index is 0.238. The maximum absolute atomic E-state index is 12.6. The van der Waals surface area contributed by atoms with Crippen molar-refractivity contribution in [1.29, 1.82) is 0 Å². The molecule has 0 aliphatic carbocycles. The highest BCUT2D eigenvalue weighted by Gasteiger charge is 2.32. The first-order valence-corrected chi connectivity index (χ1v) is 5.72. The fourth-order valence-electron chi connectivity index (χ4n) is 1.46. The van der Waals surface area contributed by atoms with Crippen LogP contribution in [0.3, 0.4) is 0 Å². The Kier molecular flexibility index (Phi) is 3.57. The van der Waals surface area contributed by atoms with Gasteiger partial charge >= 0.3 is 0 Å². The molecule has 1 fully saturated rings. The van der Waals surface area contributed by atoms with Gasteiger partial charge in [0.1, 0.15) is 15.9 Å². The number of hydrogen-bond acceptors (Lipinski definition) is 2. The Labute approximate surface area is 103 Å². The van der Waals surface area contributed by atoms with Crippen molar-refractivity contribution in [2.75, 3.05) is 6.61 Å². The van der Waals surface area contributed by atoms with E-state index in [9.17, 15) is 4.39 Å². The van der Waals surface area contributed by atoms with Crippen LogP contribution in [0.15, 0.2) is 24.3 Å². The minimum atomic E-state index is -0.817. The first kappa shape index (κ1) is 12.0. The summed E-state index contributed by atoms with van der Waals surface area (Å²) in [6.07, 6.45) is 0.864. The normalized spacial score (nSPS) is 24.1. The van der Waals surface area contributed by atoms with Gasteiger partial charge in [-0.1, -0.05) is 23.2 Å². The largest absolute Gasteiger partial charge is 0.465 e. The van der Waals surface area contributed by atoms with Gasteiger partial charge in [-0.3, -0.25) is 0 Å². The van der Waals surface area contributed by atoms with Crippen LogP contribution in [0.2, 0.25) is 0 Å². The molecular formula is C11H11Cl2FO2. The number of rotatable bonds is 2. The van der Waals surface area contributed by atoms with Crippen LogP contribution in [0.5, 0.6) is 5.75 Å². The van der Waals surface area contributed by atoms with E-state index in [0.717, 1.165) is 0 Å². The molecule has 1 aromatic carbocycles. The van der Waals surface area contributed by atoms with Crippen molar-refractivity contribution < 1.29 is 13.9 Å². The van der Waals surface area contributed by atoms with Crippen LogP contribution in [0.4, 0.5) is 4.39 Å². The number of halogens is 3. The number of hydrogen-bond donors (Lipinski definition) is 0. The fraction of sp³-hybridized carbons (Fsp3) is 0.455. The van der Waals surface area contributed by atoms with E-state index in [1.807, 2.05) is 0 Å². The smallest absolute Gasteiger partial charge is 0.200 e. The molecule has 0 saturated carbocycles. The van der Waals surface area contributed by atoms with Gasteiger partial charge in [-0.05, 0) is 30.7 Å². The Balaban J connectivity index is 1.89. The topological polar surface area (TPSA) is 18.5 Å². The van der Waals surface area contributed by atoms with E-state index in [0.29, 0.717) is 18.6 Å². The van der Waals surface area contributed by atoms with Crippen LogP contribution < -0.4 is 4.74 Å². The molecule has 0 radical (unpaired) electrons. The fourth-order valence-corrected chi connectivity index (χ4v) is 1.80. The van der Waals surface area contributed by atoms with E-state index in [-0.39, 0.29) is 18.7 Å². The van der Waals surface area contributed by atoms with Crippen molar-refractivity contribution in [2.24, 2.45) is 0 Å². The Bertz CT molecular complexity index is 344. The predicted octanol–water partition coefficient (Wildman–Crippen LogP) is 3.51. The molecule has 0 bridgehead atoms. The molecule has 0 aromatic heterocycles. The molecule has 16 heavy (non-hydrogen) atoms. The molecular weight excluding hydrogens is 254 g/mol. The first-order valence-electron chi connectivity index (χ1n) is 4.97. The average Bonchev–Trinajstić information content (AvgIpc) is 2.24. The summed E-state index contributed by atoms with van der Waals surface area (Å²) in [5, 5.41) is 0. The minimum Gasteiger partial charge on any atom is -0.465 e. The Hall–Kier alpha value is -0.510. The number of alkyl halides is 2. The second kappa shape index (κ2) is 4.78. The van der Waals surface area contributed by atoms with Crippen molar-refractivity contribution in [2.45, 2.75) is 23.5 Å². The van der Waals surface area contributed by atoms with Gasteiger partial charge in [0.2, 0.25) is 0 Å². The quantitative estimate of drug-likeness (QED) is 0.762. The summed E-state index contributed by atoms with van der Waals surface area (Å²) in [6.45, 7) is 0.238. The van der Waals surface area contributed by atoms with Crippen LogP contribution in [-0.4, -0.2) is 17.2 Å². The molecule has 1 aliphatic heterocycles. The van der Waals surface area contributed by atoms with Gasteiger partial charge < -0.3 is 9.47 Å². The maximum Gasteiger partial charge on any atom is 0.200 e. The van der Waals surface area contributed by atoms with Gasteiger partial charge in [0.25, 0.3) is 0 Å². The zero-order chi connectivity index (χ0) is 11.6. The molecule has 0 spiro atoms. The molecule has 0 amide bonds. The van der Waals surface area contributed by atoms with Crippen LogP contribution in [0, 0.1) is 5.82 Å². The molecule has 1 saturated heterocycles. The highest BCUT2D eigenvalue weighted by Crippen LogP contribution is 2.33. The van der Waals surface area contributed by atoms with Gasteiger partial charge in [-0.25, -0.2) is 4.39 Å². The van der Waals surface area contributed by atoms with E-state index in [1.165, 1.54) is 12.1 Å². The Morgan fingerprint density at radius 1 is 1.31 bits per heavy atom. The van der Waals surface area contributed by atoms with Crippen molar-refractivity contribution in [3.05, 3.63) is 30.1 Å². The number of benzene rings is 1. The van der Waals surface area contributed by atoms with Crippen LogP contribution in [0.25, 0.3) is 0 Å². The van der Waals surface area contributed by atoms with Crippen molar-refractivity contribution in [1.82, 2.24) is 0 Å². The lowest BCUT2D eigenvalue weighted by Crippen LogP contribution is -2.35. The van der Waals surface area contributed by atoms with Gasteiger partial charge in [-0.2, -0.15) is 0 Å². The lowest BCUT2D eigenvalue weighted by atomic mass is 10.2. The summed E-state index contributed by atoms with van der Waals surface area (Å²) in [7, 11) is 0. The van der Waals surface area contributed by atoms with E-state index >= 15 is 0 Å². The van der Waals surface area contributed by atoms with Gasteiger partial charge in [0, 0.05) is 6.42 Å². The molecule has 0 N–H and O–H groups in total. The monoisotopic (exact) mass is 264 g/mol. The first-order chi connectivity index (χ1) is 7.55. The Morgan fingerprint density at radius 2 is 2.00 bits per heavy atom. The summed E-state index contributed by atoms with van der Waals surface area (Å²) < 4.78 is 22.7. The molecule has 1 unspecified atom stereocenters. The molecule has 1 atom stereocenters. The summed E-state index contributed by atoms with van der Waals surface area (Å²) in [4.78, 5) is 0. The molecule has 2 nitrogen and oxygen atoms in total. The third-order valence-electron chi connectivity index (χ3n) is 2.31. The second-order valence-electron chi connectivity index (χ2n) is 3.71. The summed E-state index contributed by atoms with van der Waals surface area (Å²) >= 11 is 11.8. The zero-order valence-electron chi connectivity index (χ0n) is 8.46. The number of ether oxygens (including phenoxy) is 2. The van der Waals surface area contributed by atoms with Gasteiger partial charge in [-0.15, -0.1) is 0 Å². The van der Waals surface area contributed by atoms with Crippen LogP contribution in [-0.2, 0) is 4.74 Å². The van der Waals surface area contributed by atoms with Gasteiger partial charge in [0.05, 0.1) is 6.61 Å². The molecule has 1 heterocycles. The highest BCUT2D eigenvalue weighted by molar-refractivity contribution is 6.48. The third kappa shape index (κ3) is 3.24. The summed E-state index contributed by atoms with van der Waals surface area (Å²) in [6, 6.07) is 5.79. The van der Waals surface area contributed by atoms with Crippen LogP contribution in [0.1, 0.15) is 12.8 Å². The Morgan fingerprint density at radius 3 is 2.56 bits per heavy atom. The predicted molar refractivity (Wildman–Crippen MR) is 60.4 cm³/mol. The maximum atomic E-state index is 12.6. The molecule has 5 heteroatoms. The van der Waals surface area contributed by atoms with Crippen LogP contribution >= 0.6 is 23.2 Å². The van der Waals surface area contributed by atoms with Crippen molar-refractivity contribution in [3.63, 3.8) is 0 Å².